The molecular weight excluding hydrogens is 250 g/mol. The van der Waals surface area contributed by atoms with E-state index in [4.69, 9.17) is 5.73 Å². The van der Waals surface area contributed by atoms with Crippen LogP contribution in [0, 0.1) is 0 Å². The van der Waals surface area contributed by atoms with Crippen molar-refractivity contribution in [2.45, 2.75) is 63.5 Å². The van der Waals surface area contributed by atoms with Crippen LogP contribution in [0.5, 0.6) is 0 Å². The van der Waals surface area contributed by atoms with E-state index in [0.717, 1.165) is 51.4 Å². The molecule has 5 nitrogen and oxygen atoms in total. The van der Waals surface area contributed by atoms with E-state index in [1.54, 1.807) is 4.31 Å². The van der Waals surface area contributed by atoms with Crippen molar-refractivity contribution in [1.29, 1.82) is 0 Å². The number of nitrogens with zero attached hydrogens (tertiary/aromatic N) is 1. The lowest BCUT2D eigenvalue weighted by atomic mass is 9.92. The van der Waals surface area contributed by atoms with Crippen molar-refractivity contribution in [3.8, 4) is 0 Å². The number of nitrogens with one attached hydrogen (secondary N) is 1. The van der Waals surface area contributed by atoms with E-state index in [9.17, 15) is 8.42 Å². The molecule has 3 N–H and O–H groups in total. The van der Waals surface area contributed by atoms with Crippen molar-refractivity contribution >= 4 is 10.2 Å². The van der Waals surface area contributed by atoms with E-state index in [0.29, 0.717) is 13.1 Å². The van der Waals surface area contributed by atoms with Gasteiger partial charge in [0, 0.05) is 25.2 Å². The lowest BCUT2D eigenvalue weighted by Crippen LogP contribution is -2.53. The fourth-order valence-corrected chi connectivity index (χ4v) is 4.42. The number of hydrogen-bond donors (Lipinski definition) is 2. The van der Waals surface area contributed by atoms with Gasteiger partial charge in [-0.2, -0.15) is 17.4 Å². The molecule has 1 aliphatic heterocycles. The Labute approximate surface area is 110 Å². The predicted molar refractivity (Wildman–Crippen MR) is 72.3 cm³/mol. The van der Waals surface area contributed by atoms with Crippen LogP contribution in [0.1, 0.15) is 51.4 Å². The van der Waals surface area contributed by atoms with Crippen molar-refractivity contribution in [3.63, 3.8) is 0 Å². The first-order chi connectivity index (χ1) is 8.59. The molecule has 2 unspecified atom stereocenters. The third-order valence-electron chi connectivity index (χ3n) is 4.02. The highest BCUT2D eigenvalue weighted by atomic mass is 32.2. The van der Waals surface area contributed by atoms with Crippen LogP contribution in [0.2, 0.25) is 0 Å². The predicted octanol–water partition coefficient (Wildman–Crippen LogP) is 0.967. The van der Waals surface area contributed by atoms with E-state index >= 15 is 0 Å². The highest BCUT2D eigenvalue weighted by Gasteiger charge is 2.30. The molecule has 2 aliphatic rings. The standard InChI is InChI=1S/C12H25N3O2S/c13-11-7-3-4-8-12(11)14-18(16,17)15-9-5-1-2-6-10-15/h11-12,14H,1-10,13H2. The Morgan fingerprint density at radius 3 is 2.17 bits per heavy atom. The molecule has 6 heteroatoms. The molecule has 0 radical (unpaired) electrons. The quantitative estimate of drug-likeness (QED) is 0.806. The van der Waals surface area contributed by atoms with Gasteiger partial charge in [0.15, 0.2) is 0 Å². The largest absolute Gasteiger partial charge is 0.326 e. The summed E-state index contributed by atoms with van der Waals surface area (Å²) >= 11 is 0. The van der Waals surface area contributed by atoms with Gasteiger partial charge < -0.3 is 5.73 Å². The van der Waals surface area contributed by atoms with Crippen LogP contribution in [0.15, 0.2) is 0 Å². The Bertz CT molecular complexity index is 350. The number of nitrogens with two attached hydrogens (primary N) is 1. The minimum Gasteiger partial charge on any atom is -0.326 e. The van der Waals surface area contributed by atoms with Crippen LogP contribution in [-0.2, 0) is 10.2 Å². The SMILES string of the molecule is NC1CCCCC1NS(=O)(=O)N1CCCCCC1. The van der Waals surface area contributed by atoms with Gasteiger partial charge in [-0.15, -0.1) is 0 Å². The molecule has 0 aromatic heterocycles. The summed E-state index contributed by atoms with van der Waals surface area (Å²) in [4.78, 5) is 0. The summed E-state index contributed by atoms with van der Waals surface area (Å²) in [7, 11) is -3.34. The van der Waals surface area contributed by atoms with E-state index in [1.165, 1.54) is 0 Å². The third kappa shape index (κ3) is 3.66. The van der Waals surface area contributed by atoms with Gasteiger partial charge in [0.05, 0.1) is 0 Å². The van der Waals surface area contributed by atoms with Crippen molar-refractivity contribution in [2.75, 3.05) is 13.1 Å². The fraction of sp³-hybridized carbons (Fsp3) is 1.00. The Hall–Kier alpha value is -0.170. The molecule has 1 aliphatic carbocycles. The number of rotatable bonds is 3. The fourth-order valence-electron chi connectivity index (χ4n) is 2.85. The van der Waals surface area contributed by atoms with Crippen molar-refractivity contribution < 1.29 is 8.42 Å². The molecule has 0 aromatic carbocycles. The van der Waals surface area contributed by atoms with Crippen molar-refractivity contribution in [2.24, 2.45) is 5.73 Å². The van der Waals surface area contributed by atoms with Gasteiger partial charge in [0.1, 0.15) is 0 Å². The lowest BCUT2D eigenvalue weighted by molar-refractivity contribution is 0.344. The molecule has 1 saturated heterocycles. The molecule has 2 rings (SSSR count). The second-order valence-electron chi connectivity index (χ2n) is 5.49. The van der Waals surface area contributed by atoms with E-state index in [1.807, 2.05) is 0 Å². The molecule has 2 atom stereocenters. The molecule has 0 amide bonds. The Morgan fingerprint density at radius 2 is 1.56 bits per heavy atom. The second kappa shape index (κ2) is 6.32. The molecule has 1 heterocycles. The van der Waals surface area contributed by atoms with Crippen molar-refractivity contribution in [3.05, 3.63) is 0 Å². The summed E-state index contributed by atoms with van der Waals surface area (Å²) < 4.78 is 29.0. The maximum atomic E-state index is 12.3. The summed E-state index contributed by atoms with van der Waals surface area (Å²) in [6.07, 6.45) is 8.19. The molecule has 18 heavy (non-hydrogen) atoms. The van der Waals surface area contributed by atoms with Gasteiger partial charge in [-0.3, -0.25) is 0 Å². The first-order valence-electron chi connectivity index (χ1n) is 7.12. The first kappa shape index (κ1) is 14.2. The zero-order chi connectivity index (χ0) is 13.0. The summed E-state index contributed by atoms with van der Waals surface area (Å²) in [6, 6.07) is -0.104. The molecule has 0 bridgehead atoms. The Balaban J connectivity index is 1.96. The van der Waals surface area contributed by atoms with Gasteiger partial charge in [-0.05, 0) is 25.7 Å². The maximum Gasteiger partial charge on any atom is 0.279 e. The molecule has 1 saturated carbocycles. The first-order valence-corrected chi connectivity index (χ1v) is 8.56. The maximum absolute atomic E-state index is 12.3. The summed E-state index contributed by atoms with van der Waals surface area (Å²) in [6.45, 7) is 1.30. The number of hydrogen-bond acceptors (Lipinski definition) is 3. The van der Waals surface area contributed by atoms with Crippen LogP contribution in [-0.4, -0.2) is 37.9 Å². The minimum absolute atomic E-state index is 0.0273. The zero-order valence-electron chi connectivity index (χ0n) is 11.0. The van der Waals surface area contributed by atoms with Crippen LogP contribution >= 0.6 is 0 Å². The molecule has 106 valence electrons. The Kier molecular flexibility index (Phi) is 5.00. The van der Waals surface area contributed by atoms with Crippen LogP contribution in [0.4, 0.5) is 0 Å². The smallest absolute Gasteiger partial charge is 0.279 e. The van der Waals surface area contributed by atoms with E-state index in [-0.39, 0.29) is 12.1 Å². The highest BCUT2D eigenvalue weighted by Crippen LogP contribution is 2.19. The van der Waals surface area contributed by atoms with Crippen LogP contribution in [0.3, 0.4) is 0 Å². The van der Waals surface area contributed by atoms with Crippen LogP contribution in [0.25, 0.3) is 0 Å². The van der Waals surface area contributed by atoms with Gasteiger partial charge in [0.25, 0.3) is 10.2 Å². The summed E-state index contributed by atoms with van der Waals surface area (Å²) in [5.74, 6) is 0. The molecule has 2 fully saturated rings. The van der Waals surface area contributed by atoms with Gasteiger partial charge in [0.2, 0.25) is 0 Å². The molecule has 0 aromatic rings. The van der Waals surface area contributed by atoms with Gasteiger partial charge in [-0.1, -0.05) is 25.7 Å². The molecular formula is C12H25N3O2S. The monoisotopic (exact) mass is 275 g/mol. The third-order valence-corrected chi connectivity index (χ3v) is 5.67. The minimum atomic E-state index is -3.34. The Morgan fingerprint density at radius 1 is 0.944 bits per heavy atom. The lowest BCUT2D eigenvalue weighted by Gasteiger charge is -2.31. The van der Waals surface area contributed by atoms with Gasteiger partial charge in [-0.25, -0.2) is 0 Å². The van der Waals surface area contributed by atoms with E-state index < -0.39 is 10.2 Å². The highest BCUT2D eigenvalue weighted by molar-refractivity contribution is 7.87. The second-order valence-corrected chi connectivity index (χ2v) is 7.19. The summed E-state index contributed by atoms with van der Waals surface area (Å²) in [5.41, 5.74) is 6.00. The van der Waals surface area contributed by atoms with Gasteiger partial charge >= 0.3 is 0 Å². The average Bonchev–Trinajstić information content (AvgIpc) is 2.61. The normalized spacial score (nSPS) is 32.1. The van der Waals surface area contributed by atoms with E-state index in [2.05, 4.69) is 4.72 Å². The topological polar surface area (TPSA) is 75.4 Å². The zero-order valence-corrected chi connectivity index (χ0v) is 11.8. The van der Waals surface area contributed by atoms with Crippen molar-refractivity contribution in [1.82, 2.24) is 9.03 Å². The molecule has 0 spiro atoms. The summed E-state index contributed by atoms with van der Waals surface area (Å²) in [5, 5.41) is 0. The van der Waals surface area contributed by atoms with Crippen LogP contribution < -0.4 is 10.5 Å². The average molecular weight is 275 g/mol.